The van der Waals surface area contributed by atoms with E-state index < -0.39 is 22.5 Å². The normalized spacial score (nSPS) is 12.1. The van der Waals surface area contributed by atoms with Gasteiger partial charge in [0.25, 0.3) is 16.7 Å². The van der Waals surface area contributed by atoms with Crippen molar-refractivity contribution in [2.75, 3.05) is 11.4 Å². The molecule has 0 amide bonds. The molecule has 0 spiro atoms. The monoisotopic (exact) mass is 1190 g/mol. The lowest BCUT2D eigenvalue weighted by Gasteiger charge is -2.31. The van der Waals surface area contributed by atoms with Crippen molar-refractivity contribution in [2.24, 2.45) is 10.9 Å². The molecule has 17 heteroatoms. The van der Waals surface area contributed by atoms with Crippen molar-refractivity contribution in [3.8, 4) is 23.0 Å². The highest BCUT2D eigenvalue weighted by atomic mass is 16.2. The van der Waals surface area contributed by atoms with Crippen LogP contribution in [0.2, 0.25) is 0 Å². The Balaban J connectivity index is 0.000000147. The number of nitrogens with zero attached hydrogens (tertiary/aromatic N) is 9. The Kier molecular flexibility index (Phi) is 19.3. The van der Waals surface area contributed by atoms with Gasteiger partial charge in [0.05, 0.1) is 33.4 Å². The molecule has 456 valence electrons. The fraction of sp³-hybridized carbons (Fsp3) is 0.319. The van der Waals surface area contributed by atoms with Gasteiger partial charge in [0, 0.05) is 19.6 Å². The highest BCUT2D eigenvalue weighted by molar-refractivity contribution is 5.82. The van der Waals surface area contributed by atoms with Crippen LogP contribution in [0.1, 0.15) is 115 Å². The summed E-state index contributed by atoms with van der Waals surface area (Å²) in [6.45, 7) is 25.0. The summed E-state index contributed by atoms with van der Waals surface area (Å²) in [5.74, 6) is 1.65. The average Bonchev–Trinajstić information content (AvgIpc) is 0.793. The number of rotatable bonds is 17. The van der Waals surface area contributed by atoms with Gasteiger partial charge in [-0.1, -0.05) is 137 Å². The molecule has 17 nitrogen and oxygen atoms in total. The Bertz CT molecular complexity index is 4770. The largest absolute Gasteiger partial charge is 0.349 e. The minimum Gasteiger partial charge on any atom is -0.322 e. The topological polar surface area (TPSA) is 223 Å². The van der Waals surface area contributed by atoms with E-state index in [-0.39, 0.29) is 16.9 Å². The zero-order valence-electron chi connectivity index (χ0n) is 52.5. The number of anilines is 2. The molecule has 1 atom stereocenters. The van der Waals surface area contributed by atoms with E-state index in [4.69, 9.17) is 0 Å². The average molecular weight is 1190 g/mol. The molecule has 0 aliphatic carbocycles. The van der Waals surface area contributed by atoms with Gasteiger partial charge in [0.15, 0.2) is 34.2 Å². The van der Waals surface area contributed by atoms with Crippen LogP contribution in [-0.4, -0.2) is 55.6 Å². The molecule has 0 saturated carbocycles. The summed E-state index contributed by atoms with van der Waals surface area (Å²) in [5, 5.41) is 0.364. The molecule has 0 bridgehead atoms. The van der Waals surface area contributed by atoms with Crippen molar-refractivity contribution in [3.05, 3.63) is 239 Å². The van der Waals surface area contributed by atoms with Crippen LogP contribution >= 0.6 is 0 Å². The van der Waals surface area contributed by atoms with E-state index in [9.17, 15) is 24.0 Å². The molecule has 5 aliphatic rings. The van der Waals surface area contributed by atoms with Gasteiger partial charge in [-0.05, 0) is 178 Å². The first kappa shape index (κ1) is 62.3. The maximum absolute atomic E-state index is 12.6. The molecule has 1 unspecified atom stereocenters. The highest BCUT2D eigenvalue weighted by Gasteiger charge is 2.26. The van der Waals surface area contributed by atoms with Crippen LogP contribution in [0.5, 0.6) is 0 Å². The Hall–Kier alpha value is -9.77. The molecule has 6 heterocycles. The van der Waals surface area contributed by atoms with Crippen LogP contribution in [0.3, 0.4) is 0 Å². The zero-order chi connectivity index (χ0) is 63.0. The third-order valence-electron chi connectivity index (χ3n) is 16.5. The minimum atomic E-state index is -0.639. The van der Waals surface area contributed by atoms with E-state index in [1.165, 1.54) is 55.6 Å². The van der Waals surface area contributed by atoms with Gasteiger partial charge in [0.2, 0.25) is 0 Å². The van der Waals surface area contributed by atoms with Gasteiger partial charge < -0.3 is 19.0 Å². The summed E-state index contributed by atoms with van der Waals surface area (Å²) in [6.07, 6.45) is 9.43. The molecular weight excluding hydrogens is 1110 g/mol. The third-order valence-corrected chi connectivity index (χ3v) is 16.5. The zero-order valence-corrected chi connectivity index (χ0v) is 52.5. The molecule has 7 aromatic rings. The molecule has 89 heavy (non-hydrogen) atoms. The summed E-state index contributed by atoms with van der Waals surface area (Å²) in [6, 6.07) is 40.0. The molecule has 3 N–H and O–H groups in total. The molecule has 6 aromatic carbocycles. The van der Waals surface area contributed by atoms with Crippen molar-refractivity contribution < 1.29 is 0 Å². The predicted molar refractivity (Wildman–Crippen MR) is 356 cm³/mol. The quantitative estimate of drug-likeness (QED) is 0.0728. The number of aryl methyl sites for hydroxylation is 12. The van der Waals surface area contributed by atoms with Gasteiger partial charge in [0.1, 0.15) is 5.48 Å². The van der Waals surface area contributed by atoms with Gasteiger partial charge in [-0.15, -0.1) is 0 Å². The minimum absolute atomic E-state index is 0.209. The van der Waals surface area contributed by atoms with Crippen molar-refractivity contribution in [3.63, 3.8) is 0 Å². The van der Waals surface area contributed by atoms with E-state index in [0.29, 0.717) is 47.3 Å². The summed E-state index contributed by atoms with van der Waals surface area (Å²) in [7, 11) is 0. The van der Waals surface area contributed by atoms with E-state index in [0.717, 1.165) is 110 Å². The van der Waals surface area contributed by atoms with E-state index in [1.54, 1.807) is 0 Å². The Morgan fingerprint density at radius 2 is 1.04 bits per heavy atom. The highest BCUT2D eigenvalue weighted by Crippen LogP contribution is 2.38. The molecule has 0 fully saturated rings. The first-order valence-electron chi connectivity index (χ1n) is 31.0. The van der Waals surface area contributed by atoms with Crippen LogP contribution in [0, 0.1) is 40.5 Å². The maximum atomic E-state index is 12.6. The summed E-state index contributed by atoms with van der Waals surface area (Å²) in [5.41, 5.74) is 17.1. The molecular formula is C72H78N12O5. The Morgan fingerprint density at radius 3 is 1.61 bits per heavy atom. The second-order valence-corrected chi connectivity index (χ2v) is 23.7. The first-order chi connectivity index (χ1) is 42.9. The number of fused-ring (bicyclic) bond motifs is 6. The molecule has 1 aromatic heterocycles. The second kappa shape index (κ2) is 27.5. The van der Waals surface area contributed by atoms with Gasteiger partial charge >= 0.3 is 11.4 Å². The van der Waals surface area contributed by atoms with Crippen LogP contribution in [0.25, 0.3) is 51.7 Å². The van der Waals surface area contributed by atoms with Gasteiger partial charge in [-0.3, -0.25) is 24.4 Å². The number of nitrogens with one attached hydrogen (secondary N) is 3. The Morgan fingerprint density at radius 1 is 0.517 bits per heavy atom. The van der Waals surface area contributed by atoms with Crippen molar-refractivity contribution in [2.45, 2.75) is 140 Å². The fourth-order valence-corrected chi connectivity index (χ4v) is 12.1. The smallest absolute Gasteiger partial charge is 0.322 e. The SMILES string of the molecule is C=c1nc2c(c(=O)[nH]1)=Nc1cc(CC)c(C)cc1N2CC(C)Cc1ccccc1.CCCc1cc2c(cc1C)nc1c(=O)[nH]c(=O)nc-1n2CCCc1cccc(C)c1.CCCc1cc2nc3c(=O)[nH]c(=O)nc-3n(CCCc3cccc(C)c3)c2cc1C. The lowest BCUT2D eigenvalue weighted by atomic mass is 9.98. The molecule has 12 rings (SSSR count). The molecule has 0 saturated heterocycles. The first-order valence-corrected chi connectivity index (χ1v) is 31.0. The number of aromatic nitrogens is 10. The fourth-order valence-electron chi connectivity index (χ4n) is 12.1. The molecule has 0 radical (unpaired) electrons. The number of aromatic amines is 3. The predicted octanol–water partition coefficient (Wildman–Crippen LogP) is 10.9. The molecule has 5 aliphatic heterocycles. The number of benzene rings is 6. The Labute approximate surface area is 516 Å². The van der Waals surface area contributed by atoms with Crippen LogP contribution in [0.15, 0.2) is 144 Å². The van der Waals surface area contributed by atoms with Gasteiger partial charge in [-0.25, -0.2) is 29.5 Å². The van der Waals surface area contributed by atoms with Crippen molar-refractivity contribution >= 4 is 45.8 Å². The lowest BCUT2D eigenvalue weighted by molar-refractivity contribution is 0.580. The van der Waals surface area contributed by atoms with Crippen molar-refractivity contribution in [1.29, 1.82) is 0 Å². The summed E-state index contributed by atoms with van der Waals surface area (Å²) in [4.78, 5) is 97.2. The van der Waals surface area contributed by atoms with Crippen molar-refractivity contribution in [1.82, 2.24) is 49.0 Å². The number of hydrogen-bond donors (Lipinski definition) is 3. The standard InChI is InChI=1S/2C24H26N4O2.C24H26N4O/c1-4-7-18-14-19-20(13-16(18)3)28(11-6-10-17-9-5-8-15(2)12-17)22-21(25-19)23(29)27-24(30)26-22;1-4-7-18-14-20-19(13-16(18)3)25-21-22(26-24(30)27-23(21)29)28(20)11-6-10-17-9-5-8-15(2)12-17;1-5-19-13-20-21(12-16(19)3)28(14-15(2)11-18-9-7-6-8-10-18)23-22(27-20)24(29)26-17(4)25-23/h2*5,8-9,12-14H,4,6-7,10-11H2,1-3H3,(H,27,29,30);6-10,12-13,15H,4-5,11,14H2,1-3H3,(H,26,29). The number of hydrogen-bond acceptors (Lipinski definition) is 12. The van der Waals surface area contributed by atoms with Crippen LogP contribution in [0.4, 0.5) is 17.2 Å². The number of H-pyrrole nitrogens is 3. The van der Waals surface area contributed by atoms with E-state index >= 15 is 0 Å². The summed E-state index contributed by atoms with van der Waals surface area (Å²) < 4.78 is 3.97. The lowest BCUT2D eigenvalue weighted by Crippen LogP contribution is -2.43. The van der Waals surface area contributed by atoms with Crippen LogP contribution in [-0.2, 0) is 51.6 Å². The van der Waals surface area contributed by atoms with Crippen LogP contribution < -0.4 is 43.8 Å². The van der Waals surface area contributed by atoms with Gasteiger partial charge in [-0.2, -0.15) is 9.97 Å². The maximum Gasteiger partial charge on any atom is 0.349 e. The second-order valence-electron chi connectivity index (χ2n) is 23.7. The van der Waals surface area contributed by atoms with E-state index in [2.05, 4.69) is 222 Å². The third kappa shape index (κ3) is 14.3. The van der Waals surface area contributed by atoms with E-state index in [1.807, 2.05) is 21.3 Å². The summed E-state index contributed by atoms with van der Waals surface area (Å²) >= 11 is 0.